The van der Waals surface area contributed by atoms with Gasteiger partial charge in [0.15, 0.2) is 0 Å². The molecule has 0 radical (unpaired) electrons. The van der Waals surface area contributed by atoms with Crippen LogP contribution in [-0.4, -0.2) is 40.8 Å². The number of fused-ring (bicyclic) bond motifs is 1. The van der Waals surface area contributed by atoms with Gasteiger partial charge in [0, 0.05) is 18.6 Å². The lowest BCUT2D eigenvalue weighted by molar-refractivity contribution is -0.123. The van der Waals surface area contributed by atoms with Gasteiger partial charge in [-0.1, -0.05) is 5.10 Å². The topological polar surface area (TPSA) is 83.3 Å². The van der Waals surface area contributed by atoms with Crippen molar-refractivity contribution in [1.29, 1.82) is 0 Å². The number of carbonyl (C=O) groups excluding carboxylic acids is 1. The summed E-state index contributed by atoms with van der Waals surface area (Å²) in [5.74, 6) is 0.792. The third-order valence-electron chi connectivity index (χ3n) is 4.07. The molecule has 21 heavy (non-hydrogen) atoms. The first-order valence-electron chi connectivity index (χ1n) is 7.56. The normalized spacial score (nSPS) is 25.9. The van der Waals surface area contributed by atoms with Gasteiger partial charge in [0.05, 0.1) is 18.5 Å². The second-order valence-electron chi connectivity index (χ2n) is 6.84. The standard InChI is InChI=1S/C14H23N5O2/c1-14(2,3)16-8-11-17-18-13(21-11)19-6-4-5-9-10(19)7-15-12(9)20/h9-10,16H,4-8H2,1-3H3,(H,15,20). The van der Waals surface area contributed by atoms with Crippen molar-refractivity contribution < 1.29 is 9.21 Å². The average molecular weight is 293 g/mol. The molecule has 2 aliphatic rings. The Kier molecular flexibility index (Phi) is 3.61. The van der Waals surface area contributed by atoms with Crippen LogP contribution in [0.4, 0.5) is 6.01 Å². The molecule has 7 nitrogen and oxygen atoms in total. The van der Waals surface area contributed by atoms with Crippen LogP contribution in [0.1, 0.15) is 39.5 Å². The van der Waals surface area contributed by atoms with E-state index in [9.17, 15) is 4.79 Å². The van der Waals surface area contributed by atoms with Crippen molar-refractivity contribution in [2.45, 2.75) is 51.7 Å². The predicted octanol–water partition coefficient (Wildman–Crippen LogP) is 0.673. The summed E-state index contributed by atoms with van der Waals surface area (Å²) >= 11 is 0. The zero-order valence-electron chi connectivity index (χ0n) is 12.8. The Balaban J connectivity index is 1.69. The first-order valence-corrected chi connectivity index (χ1v) is 7.56. The summed E-state index contributed by atoms with van der Waals surface area (Å²) in [5.41, 5.74) is 0.00659. The number of carbonyl (C=O) groups is 1. The van der Waals surface area contributed by atoms with E-state index in [4.69, 9.17) is 4.42 Å². The Morgan fingerprint density at radius 2 is 2.24 bits per heavy atom. The molecular weight excluding hydrogens is 270 g/mol. The minimum Gasteiger partial charge on any atom is -0.407 e. The van der Waals surface area contributed by atoms with Crippen LogP contribution in [0.5, 0.6) is 0 Å². The van der Waals surface area contributed by atoms with Crippen LogP contribution in [0.3, 0.4) is 0 Å². The Labute approximate surface area is 124 Å². The number of hydrogen-bond acceptors (Lipinski definition) is 6. The van der Waals surface area contributed by atoms with Crippen molar-refractivity contribution in [2.75, 3.05) is 18.0 Å². The highest BCUT2D eigenvalue weighted by molar-refractivity contribution is 5.82. The number of rotatable bonds is 3. The third kappa shape index (κ3) is 3.02. The van der Waals surface area contributed by atoms with Crippen LogP contribution in [-0.2, 0) is 11.3 Å². The fourth-order valence-corrected chi connectivity index (χ4v) is 2.96. The van der Waals surface area contributed by atoms with Crippen LogP contribution < -0.4 is 15.5 Å². The summed E-state index contributed by atoms with van der Waals surface area (Å²) in [6.45, 7) is 8.36. The van der Waals surface area contributed by atoms with Gasteiger partial charge in [-0.25, -0.2) is 0 Å². The van der Waals surface area contributed by atoms with Crippen LogP contribution >= 0.6 is 0 Å². The third-order valence-corrected chi connectivity index (χ3v) is 4.07. The van der Waals surface area contributed by atoms with E-state index < -0.39 is 0 Å². The molecular formula is C14H23N5O2. The summed E-state index contributed by atoms with van der Waals surface area (Å²) in [4.78, 5) is 13.9. The molecule has 0 aromatic carbocycles. The largest absolute Gasteiger partial charge is 0.407 e. The maximum atomic E-state index is 11.8. The van der Waals surface area contributed by atoms with Crippen molar-refractivity contribution in [3.8, 4) is 0 Å². The Morgan fingerprint density at radius 1 is 1.43 bits per heavy atom. The van der Waals surface area contributed by atoms with E-state index in [1.807, 2.05) is 0 Å². The van der Waals surface area contributed by atoms with Crippen molar-refractivity contribution >= 4 is 11.9 Å². The number of hydrogen-bond donors (Lipinski definition) is 2. The van der Waals surface area contributed by atoms with Crippen LogP contribution in [0.25, 0.3) is 0 Å². The highest BCUT2D eigenvalue weighted by Gasteiger charge is 2.42. The number of nitrogens with zero attached hydrogens (tertiary/aromatic N) is 3. The van der Waals surface area contributed by atoms with Gasteiger partial charge in [-0.3, -0.25) is 4.79 Å². The van der Waals surface area contributed by atoms with Gasteiger partial charge < -0.3 is 20.0 Å². The maximum Gasteiger partial charge on any atom is 0.318 e. The molecule has 3 rings (SSSR count). The van der Waals surface area contributed by atoms with E-state index in [-0.39, 0.29) is 23.4 Å². The fourth-order valence-electron chi connectivity index (χ4n) is 2.96. The quantitative estimate of drug-likeness (QED) is 0.852. The molecule has 2 N–H and O–H groups in total. The van der Waals surface area contributed by atoms with Crippen LogP contribution in [0.2, 0.25) is 0 Å². The zero-order chi connectivity index (χ0) is 15.0. The lowest BCUT2D eigenvalue weighted by atomic mass is 9.92. The van der Waals surface area contributed by atoms with Crippen molar-refractivity contribution in [2.24, 2.45) is 5.92 Å². The minimum absolute atomic E-state index is 0.00659. The molecule has 0 aliphatic carbocycles. The number of aromatic nitrogens is 2. The van der Waals surface area contributed by atoms with E-state index >= 15 is 0 Å². The lowest BCUT2D eigenvalue weighted by Crippen LogP contribution is -2.45. The summed E-state index contributed by atoms with van der Waals surface area (Å²) in [5, 5.41) is 14.5. The molecule has 1 aromatic rings. The Morgan fingerprint density at radius 3 is 3.00 bits per heavy atom. The molecule has 2 aliphatic heterocycles. The number of anilines is 1. The predicted molar refractivity (Wildman–Crippen MR) is 77.8 cm³/mol. The summed E-state index contributed by atoms with van der Waals surface area (Å²) < 4.78 is 5.76. The highest BCUT2D eigenvalue weighted by Crippen LogP contribution is 2.30. The zero-order valence-corrected chi connectivity index (χ0v) is 12.8. The van der Waals surface area contributed by atoms with Gasteiger partial charge in [0.2, 0.25) is 11.8 Å². The summed E-state index contributed by atoms with van der Waals surface area (Å²) in [6.07, 6.45) is 1.92. The number of piperidine rings is 1. The smallest absolute Gasteiger partial charge is 0.318 e. The fraction of sp³-hybridized carbons (Fsp3) is 0.786. The molecule has 1 aromatic heterocycles. The Bertz CT molecular complexity index is 522. The van der Waals surface area contributed by atoms with Gasteiger partial charge in [-0.05, 0) is 33.6 Å². The molecule has 0 saturated carbocycles. The van der Waals surface area contributed by atoms with Crippen molar-refractivity contribution in [3.63, 3.8) is 0 Å². The van der Waals surface area contributed by atoms with Gasteiger partial charge in [-0.2, -0.15) is 0 Å². The van der Waals surface area contributed by atoms with Crippen LogP contribution in [0, 0.1) is 5.92 Å². The average Bonchev–Trinajstić information content (AvgIpc) is 3.03. The first-order chi connectivity index (χ1) is 9.94. The molecule has 7 heteroatoms. The second kappa shape index (κ2) is 5.29. The van der Waals surface area contributed by atoms with Gasteiger partial charge >= 0.3 is 6.01 Å². The number of amides is 1. The van der Waals surface area contributed by atoms with E-state index in [2.05, 4.69) is 46.5 Å². The molecule has 2 saturated heterocycles. The second-order valence-corrected chi connectivity index (χ2v) is 6.84. The molecule has 116 valence electrons. The molecule has 2 atom stereocenters. The van der Waals surface area contributed by atoms with E-state index in [0.29, 0.717) is 25.0 Å². The summed E-state index contributed by atoms with van der Waals surface area (Å²) in [6, 6.07) is 0.682. The SMILES string of the molecule is CC(C)(C)NCc1nnc(N2CCCC3C(=O)NCC32)o1. The van der Waals surface area contributed by atoms with Crippen molar-refractivity contribution in [3.05, 3.63) is 5.89 Å². The van der Waals surface area contributed by atoms with Gasteiger partial charge in [0.1, 0.15) is 0 Å². The molecule has 0 bridgehead atoms. The lowest BCUT2D eigenvalue weighted by Gasteiger charge is -2.34. The van der Waals surface area contributed by atoms with Gasteiger partial charge in [-0.15, -0.1) is 5.10 Å². The monoisotopic (exact) mass is 293 g/mol. The molecule has 1 amide bonds. The van der Waals surface area contributed by atoms with E-state index in [1.165, 1.54) is 0 Å². The molecule has 0 spiro atoms. The minimum atomic E-state index is 0.00659. The first kappa shape index (κ1) is 14.3. The number of nitrogens with one attached hydrogen (secondary N) is 2. The molecule has 2 fully saturated rings. The maximum absolute atomic E-state index is 11.8. The summed E-state index contributed by atoms with van der Waals surface area (Å²) in [7, 11) is 0. The highest BCUT2D eigenvalue weighted by atomic mass is 16.4. The van der Waals surface area contributed by atoms with Gasteiger partial charge in [0.25, 0.3) is 0 Å². The molecule has 3 heterocycles. The molecule has 2 unspecified atom stereocenters. The van der Waals surface area contributed by atoms with Crippen molar-refractivity contribution in [1.82, 2.24) is 20.8 Å². The van der Waals surface area contributed by atoms with E-state index in [1.54, 1.807) is 0 Å². The Hall–Kier alpha value is -1.63. The van der Waals surface area contributed by atoms with E-state index in [0.717, 1.165) is 19.4 Å². The van der Waals surface area contributed by atoms with Crippen LogP contribution in [0.15, 0.2) is 4.42 Å².